The Labute approximate surface area is 406 Å². The summed E-state index contributed by atoms with van der Waals surface area (Å²) in [4.78, 5) is 48.3. The van der Waals surface area contributed by atoms with Crippen LogP contribution in [0.1, 0.15) is 160 Å². The predicted molar refractivity (Wildman–Crippen MR) is 260 cm³/mol. The van der Waals surface area contributed by atoms with Crippen LogP contribution < -0.4 is 0 Å². The first-order valence-electron chi connectivity index (χ1n) is 25.3. The Bertz CT molecular complexity index is 1750. The second kappa shape index (κ2) is 26.7. The molecule has 0 saturated carbocycles. The first-order chi connectivity index (χ1) is 31.6. The Hall–Kier alpha value is -3.40. The van der Waals surface area contributed by atoms with Crippen molar-refractivity contribution in [2.24, 2.45) is 47.3 Å². The van der Waals surface area contributed by atoms with Gasteiger partial charge in [-0.1, -0.05) is 78.0 Å². The fourth-order valence-electron chi connectivity index (χ4n) is 9.99. The van der Waals surface area contributed by atoms with Crippen LogP contribution in [0.25, 0.3) is 0 Å². The number of carboxylic acids is 1. The van der Waals surface area contributed by atoms with Gasteiger partial charge in [-0.15, -0.1) is 0 Å². The molecule has 14 nitrogen and oxygen atoms in total. The summed E-state index contributed by atoms with van der Waals surface area (Å²) in [6.45, 7) is 22.7. The van der Waals surface area contributed by atoms with E-state index in [-0.39, 0.29) is 85.0 Å². The normalized spacial score (nSPS) is 29.5. The van der Waals surface area contributed by atoms with Gasteiger partial charge < -0.3 is 49.6 Å². The Morgan fingerprint density at radius 3 is 1.47 bits per heavy atom. The molecule has 68 heavy (non-hydrogen) atoms. The van der Waals surface area contributed by atoms with Gasteiger partial charge in [-0.05, 0) is 121 Å². The molecule has 4 aliphatic rings. The van der Waals surface area contributed by atoms with Crippen molar-refractivity contribution >= 4 is 23.9 Å². The molecule has 0 aromatic rings. The molecule has 388 valence electrons. The van der Waals surface area contributed by atoms with Crippen molar-refractivity contribution in [2.75, 3.05) is 0 Å². The van der Waals surface area contributed by atoms with Crippen molar-refractivity contribution in [3.05, 3.63) is 47.6 Å². The molecule has 0 bridgehead atoms. The average Bonchev–Trinajstić information content (AvgIpc) is 3.20. The van der Waals surface area contributed by atoms with E-state index in [0.29, 0.717) is 51.4 Å². The van der Waals surface area contributed by atoms with Crippen LogP contribution in [0.2, 0.25) is 0 Å². The molecule has 14 heteroatoms. The SMILES string of the molecule is CC[C@H](C)C(=O)O[C@H]1C[C@H](O)C=C2C=C[C@H](C)[C@H](CC[C@@H](O)C[C@@H](O)CC(=O)OC(C)(C)C)[C@H]21.CC[C@H](C)C(=O)O[C@H]1C[C@H](O)C=C2C=C[C@H](C)[C@H](CC[C@@H](O)C[C@H](CC(=O)O)OC(C)(C)C)[C@H]21. The topological polar surface area (TPSA) is 227 Å². The molecule has 0 spiro atoms. The Balaban J connectivity index is 0.000000360. The highest BCUT2D eigenvalue weighted by atomic mass is 16.6. The number of ether oxygens (including phenoxy) is 4. The van der Waals surface area contributed by atoms with Gasteiger partial charge in [0.2, 0.25) is 0 Å². The van der Waals surface area contributed by atoms with Gasteiger partial charge in [-0.3, -0.25) is 19.2 Å². The molecule has 16 atom stereocenters. The monoisotopic (exact) mass is 961 g/mol. The molecule has 0 aromatic heterocycles. The molecular formula is C54H88O14. The van der Waals surface area contributed by atoms with Gasteiger partial charge >= 0.3 is 23.9 Å². The first-order valence-corrected chi connectivity index (χ1v) is 25.3. The maximum atomic E-state index is 12.6. The number of carbonyl (C=O) groups excluding carboxylic acids is 3. The number of carbonyl (C=O) groups is 4. The molecular weight excluding hydrogens is 873 g/mol. The number of aliphatic carboxylic acids is 1. The van der Waals surface area contributed by atoms with E-state index in [1.54, 1.807) is 20.8 Å². The van der Waals surface area contributed by atoms with E-state index >= 15 is 0 Å². The lowest BCUT2D eigenvalue weighted by Gasteiger charge is -2.43. The zero-order valence-corrected chi connectivity index (χ0v) is 43.1. The molecule has 0 radical (unpaired) electrons. The standard InChI is InChI=1S/2C27H44O7/c1-7-16(2)26(32)33-23-14-20(29)12-18-9-8-17(3)22(25(18)23)11-10-19(28)13-21(15-24(30)31)34-27(4,5)6;1-7-16(2)26(32)33-23-14-20(29)12-18-9-8-17(3)22(25(18)23)11-10-19(28)13-21(30)15-24(31)34-27(4,5)6/h8-9,12,16-17,19-23,25,28-29H,7,10-11,13-15H2,1-6H3,(H,30,31);8-9,12,16-17,19-23,25,28-30H,7,10-11,13-15H2,1-6H3/t2*16-,17-,19+,20+,21+,22-,23-,25-/m00/s1. The number of rotatable bonds is 21. The fourth-order valence-corrected chi connectivity index (χ4v) is 9.99. The van der Waals surface area contributed by atoms with Crippen LogP contribution in [0.15, 0.2) is 47.6 Å². The molecule has 0 aromatic carbocycles. The van der Waals surface area contributed by atoms with E-state index < -0.39 is 72.0 Å². The molecule has 4 aliphatic carbocycles. The highest BCUT2D eigenvalue weighted by Gasteiger charge is 2.44. The number of aliphatic hydroxyl groups excluding tert-OH is 5. The third-order valence-electron chi connectivity index (χ3n) is 13.8. The summed E-state index contributed by atoms with van der Waals surface area (Å²) in [5, 5.41) is 61.5. The molecule has 0 unspecified atom stereocenters. The lowest BCUT2D eigenvalue weighted by Crippen LogP contribution is -2.43. The second-order valence-corrected chi connectivity index (χ2v) is 22.2. The lowest BCUT2D eigenvalue weighted by atomic mass is 9.66. The minimum Gasteiger partial charge on any atom is -0.481 e. The maximum absolute atomic E-state index is 12.6. The molecule has 0 saturated heterocycles. The van der Waals surface area contributed by atoms with Crippen LogP contribution in [0.5, 0.6) is 0 Å². The van der Waals surface area contributed by atoms with E-state index in [1.807, 2.05) is 72.8 Å². The molecule has 0 aliphatic heterocycles. The van der Waals surface area contributed by atoms with Crippen molar-refractivity contribution in [3.63, 3.8) is 0 Å². The second-order valence-electron chi connectivity index (χ2n) is 22.2. The van der Waals surface area contributed by atoms with Crippen LogP contribution in [-0.4, -0.2) is 115 Å². The Morgan fingerprint density at radius 2 is 1.09 bits per heavy atom. The smallest absolute Gasteiger partial charge is 0.308 e. The summed E-state index contributed by atoms with van der Waals surface area (Å²) in [7, 11) is 0. The highest BCUT2D eigenvalue weighted by molar-refractivity contribution is 5.73. The number of hydrogen-bond acceptors (Lipinski definition) is 13. The Kier molecular flexibility index (Phi) is 23.1. The van der Waals surface area contributed by atoms with E-state index in [4.69, 9.17) is 18.9 Å². The van der Waals surface area contributed by atoms with E-state index in [0.717, 1.165) is 11.1 Å². The number of hydrogen-bond donors (Lipinski definition) is 6. The third-order valence-corrected chi connectivity index (χ3v) is 13.8. The van der Waals surface area contributed by atoms with Gasteiger partial charge in [-0.25, -0.2) is 0 Å². The van der Waals surface area contributed by atoms with Crippen LogP contribution >= 0.6 is 0 Å². The first kappa shape index (κ1) is 58.9. The van der Waals surface area contributed by atoms with Crippen LogP contribution in [0.3, 0.4) is 0 Å². The molecule has 6 N–H and O–H groups in total. The van der Waals surface area contributed by atoms with Crippen LogP contribution in [0, 0.1) is 47.3 Å². The van der Waals surface area contributed by atoms with Crippen molar-refractivity contribution in [2.45, 2.75) is 220 Å². The fraction of sp³-hybridized carbons (Fsp3) is 0.778. The van der Waals surface area contributed by atoms with Gasteiger partial charge in [0.15, 0.2) is 0 Å². The number of allylic oxidation sites excluding steroid dienone is 4. The number of fused-ring (bicyclic) bond motifs is 2. The number of esters is 3. The third kappa shape index (κ3) is 19.4. The minimum atomic E-state index is -0.974. The van der Waals surface area contributed by atoms with E-state index in [9.17, 15) is 49.8 Å². The van der Waals surface area contributed by atoms with Crippen molar-refractivity contribution in [3.8, 4) is 0 Å². The van der Waals surface area contributed by atoms with E-state index in [1.165, 1.54) is 0 Å². The van der Waals surface area contributed by atoms with Crippen molar-refractivity contribution < 1.29 is 68.8 Å². The average molecular weight is 961 g/mol. The minimum absolute atomic E-state index is 0.0377. The number of aliphatic hydroxyl groups is 5. The Morgan fingerprint density at radius 1 is 0.662 bits per heavy atom. The summed E-state index contributed by atoms with van der Waals surface area (Å²) in [5.74, 6) is -1.72. The quantitative estimate of drug-likeness (QED) is 0.0474. The van der Waals surface area contributed by atoms with Gasteiger partial charge in [0.1, 0.15) is 17.8 Å². The van der Waals surface area contributed by atoms with Crippen LogP contribution in [-0.2, 0) is 38.1 Å². The molecule has 0 heterocycles. The zero-order chi connectivity index (χ0) is 51.3. The van der Waals surface area contributed by atoms with Crippen molar-refractivity contribution in [1.29, 1.82) is 0 Å². The summed E-state index contributed by atoms with van der Waals surface area (Å²) in [6.07, 6.45) is 11.3. The van der Waals surface area contributed by atoms with E-state index in [2.05, 4.69) is 26.0 Å². The van der Waals surface area contributed by atoms with Crippen LogP contribution in [0.4, 0.5) is 0 Å². The summed E-state index contributed by atoms with van der Waals surface area (Å²) in [6, 6.07) is 0. The number of carboxylic acid groups (broad SMARTS) is 1. The molecule has 0 amide bonds. The maximum Gasteiger partial charge on any atom is 0.308 e. The summed E-state index contributed by atoms with van der Waals surface area (Å²) in [5.41, 5.74) is 0.840. The van der Waals surface area contributed by atoms with Gasteiger partial charge in [0.25, 0.3) is 0 Å². The summed E-state index contributed by atoms with van der Waals surface area (Å²) < 4.78 is 22.9. The largest absolute Gasteiger partial charge is 0.481 e. The lowest BCUT2D eigenvalue weighted by molar-refractivity contribution is -0.160. The van der Waals surface area contributed by atoms with Gasteiger partial charge in [0, 0.05) is 31.1 Å². The van der Waals surface area contributed by atoms with Gasteiger partial charge in [0.05, 0.1) is 66.9 Å². The highest BCUT2D eigenvalue weighted by Crippen LogP contribution is 2.46. The molecule has 0 fully saturated rings. The predicted octanol–water partition coefficient (Wildman–Crippen LogP) is 7.96. The molecule has 4 rings (SSSR count). The van der Waals surface area contributed by atoms with Gasteiger partial charge in [-0.2, -0.15) is 0 Å². The van der Waals surface area contributed by atoms with Crippen molar-refractivity contribution in [1.82, 2.24) is 0 Å². The summed E-state index contributed by atoms with van der Waals surface area (Å²) >= 11 is 0. The zero-order valence-electron chi connectivity index (χ0n) is 43.1.